The normalized spacial score (nSPS) is 29.0. The SMILES string of the molecule is C1=CN(C[C@@H]2CNCCO2)CN1. The molecule has 2 aliphatic heterocycles. The number of hydrogen-bond donors (Lipinski definition) is 2. The molecule has 1 fully saturated rings. The largest absolute Gasteiger partial charge is 0.374 e. The van der Waals surface area contributed by atoms with E-state index in [-0.39, 0.29) is 0 Å². The number of rotatable bonds is 2. The van der Waals surface area contributed by atoms with Gasteiger partial charge in [0.15, 0.2) is 0 Å². The van der Waals surface area contributed by atoms with Crippen molar-refractivity contribution in [3.8, 4) is 0 Å². The molecule has 0 aromatic rings. The van der Waals surface area contributed by atoms with Gasteiger partial charge in [0.2, 0.25) is 0 Å². The lowest BCUT2D eigenvalue weighted by Crippen LogP contribution is -2.44. The van der Waals surface area contributed by atoms with Crippen LogP contribution in [0.5, 0.6) is 0 Å². The van der Waals surface area contributed by atoms with Crippen LogP contribution in [-0.4, -0.2) is 43.9 Å². The highest BCUT2D eigenvalue weighted by Crippen LogP contribution is 2.02. The zero-order valence-corrected chi connectivity index (χ0v) is 7.12. The Hall–Kier alpha value is -0.740. The van der Waals surface area contributed by atoms with Gasteiger partial charge in [0.25, 0.3) is 0 Å². The van der Waals surface area contributed by atoms with Crippen molar-refractivity contribution < 1.29 is 4.74 Å². The van der Waals surface area contributed by atoms with Crippen LogP contribution in [0.3, 0.4) is 0 Å². The summed E-state index contributed by atoms with van der Waals surface area (Å²) in [5, 5.41) is 6.44. The van der Waals surface area contributed by atoms with Gasteiger partial charge in [0, 0.05) is 32.0 Å². The van der Waals surface area contributed by atoms with Crippen LogP contribution < -0.4 is 10.6 Å². The minimum atomic E-state index is 0.350. The molecule has 2 rings (SSSR count). The molecule has 2 N–H and O–H groups in total. The van der Waals surface area contributed by atoms with Gasteiger partial charge < -0.3 is 20.3 Å². The fourth-order valence-corrected chi connectivity index (χ4v) is 1.50. The molecule has 1 atom stereocenters. The Bertz CT molecular complexity index is 166. The van der Waals surface area contributed by atoms with E-state index < -0.39 is 0 Å². The summed E-state index contributed by atoms with van der Waals surface area (Å²) >= 11 is 0. The standard InChI is InChI=1S/C8H15N3O/c1-3-11(7-10-1)6-8-5-9-2-4-12-8/h1,3,8-10H,2,4-7H2/t8-/m0/s1. The maximum absolute atomic E-state index is 5.57. The molecule has 0 amide bonds. The van der Waals surface area contributed by atoms with Crippen LogP contribution in [0, 0.1) is 0 Å². The van der Waals surface area contributed by atoms with E-state index in [2.05, 4.69) is 21.7 Å². The molecular formula is C8H15N3O. The molecule has 12 heavy (non-hydrogen) atoms. The maximum Gasteiger partial charge on any atom is 0.0875 e. The molecule has 0 aliphatic carbocycles. The summed E-state index contributed by atoms with van der Waals surface area (Å²) < 4.78 is 5.57. The zero-order chi connectivity index (χ0) is 8.23. The summed E-state index contributed by atoms with van der Waals surface area (Å²) in [4.78, 5) is 2.22. The van der Waals surface area contributed by atoms with Crippen LogP contribution in [0.1, 0.15) is 0 Å². The topological polar surface area (TPSA) is 36.5 Å². The summed E-state index contributed by atoms with van der Waals surface area (Å²) in [5.74, 6) is 0. The van der Waals surface area contributed by atoms with Gasteiger partial charge in [-0.05, 0) is 0 Å². The number of nitrogens with zero attached hydrogens (tertiary/aromatic N) is 1. The first-order chi connectivity index (χ1) is 5.95. The van der Waals surface area contributed by atoms with Gasteiger partial charge in [0.1, 0.15) is 0 Å². The van der Waals surface area contributed by atoms with Crippen LogP contribution in [-0.2, 0) is 4.74 Å². The number of hydrogen-bond acceptors (Lipinski definition) is 4. The van der Waals surface area contributed by atoms with E-state index in [9.17, 15) is 0 Å². The number of ether oxygens (including phenoxy) is 1. The molecule has 0 saturated carbocycles. The predicted molar refractivity (Wildman–Crippen MR) is 46.5 cm³/mol. The quantitative estimate of drug-likeness (QED) is 0.573. The first kappa shape index (κ1) is 7.89. The second-order valence-electron chi connectivity index (χ2n) is 3.15. The van der Waals surface area contributed by atoms with Gasteiger partial charge in [-0.3, -0.25) is 0 Å². The molecule has 4 nitrogen and oxygen atoms in total. The van der Waals surface area contributed by atoms with Crippen molar-refractivity contribution in [2.45, 2.75) is 6.10 Å². The Morgan fingerprint density at radius 1 is 1.58 bits per heavy atom. The Morgan fingerprint density at radius 2 is 2.58 bits per heavy atom. The number of nitrogens with one attached hydrogen (secondary N) is 2. The van der Waals surface area contributed by atoms with Gasteiger partial charge in [-0.2, -0.15) is 0 Å². The van der Waals surface area contributed by atoms with Gasteiger partial charge in [0.05, 0.1) is 19.4 Å². The summed E-state index contributed by atoms with van der Waals surface area (Å²) in [7, 11) is 0. The Balaban J connectivity index is 1.73. The molecular weight excluding hydrogens is 154 g/mol. The van der Waals surface area contributed by atoms with Crippen LogP contribution in [0.4, 0.5) is 0 Å². The fraction of sp³-hybridized carbons (Fsp3) is 0.750. The summed E-state index contributed by atoms with van der Waals surface area (Å²) in [5.41, 5.74) is 0. The van der Waals surface area contributed by atoms with Crippen molar-refractivity contribution in [2.75, 3.05) is 32.9 Å². The predicted octanol–water partition coefficient (Wildman–Crippen LogP) is -0.691. The third-order valence-corrected chi connectivity index (χ3v) is 2.14. The smallest absolute Gasteiger partial charge is 0.0875 e. The molecule has 2 aliphatic rings. The van der Waals surface area contributed by atoms with E-state index in [1.165, 1.54) is 0 Å². The molecule has 0 spiro atoms. The highest BCUT2D eigenvalue weighted by Gasteiger charge is 2.16. The van der Waals surface area contributed by atoms with Gasteiger partial charge >= 0.3 is 0 Å². The second-order valence-corrected chi connectivity index (χ2v) is 3.15. The Morgan fingerprint density at radius 3 is 3.25 bits per heavy atom. The molecule has 68 valence electrons. The van der Waals surface area contributed by atoms with Gasteiger partial charge in [-0.25, -0.2) is 0 Å². The van der Waals surface area contributed by atoms with Crippen molar-refractivity contribution in [1.82, 2.24) is 15.5 Å². The van der Waals surface area contributed by atoms with Crippen LogP contribution in [0.2, 0.25) is 0 Å². The summed E-state index contributed by atoms with van der Waals surface area (Å²) in [6, 6.07) is 0. The second kappa shape index (κ2) is 3.78. The van der Waals surface area contributed by atoms with Gasteiger partial charge in [-0.1, -0.05) is 0 Å². The van der Waals surface area contributed by atoms with E-state index >= 15 is 0 Å². The zero-order valence-electron chi connectivity index (χ0n) is 7.12. The first-order valence-electron chi connectivity index (χ1n) is 4.41. The third-order valence-electron chi connectivity index (χ3n) is 2.14. The lowest BCUT2D eigenvalue weighted by molar-refractivity contribution is 0.0141. The Labute approximate surface area is 72.6 Å². The lowest BCUT2D eigenvalue weighted by Gasteiger charge is -2.27. The minimum Gasteiger partial charge on any atom is -0.374 e. The molecule has 0 aromatic heterocycles. The molecule has 1 saturated heterocycles. The van der Waals surface area contributed by atoms with E-state index in [1.807, 2.05) is 6.20 Å². The van der Waals surface area contributed by atoms with E-state index in [0.29, 0.717) is 6.10 Å². The minimum absolute atomic E-state index is 0.350. The summed E-state index contributed by atoms with van der Waals surface area (Å²) in [6.07, 6.45) is 4.39. The van der Waals surface area contributed by atoms with Crippen molar-refractivity contribution in [2.24, 2.45) is 0 Å². The maximum atomic E-state index is 5.57. The van der Waals surface area contributed by atoms with Crippen LogP contribution in [0.25, 0.3) is 0 Å². The molecule has 0 radical (unpaired) electrons. The molecule has 2 heterocycles. The molecule has 0 bridgehead atoms. The lowest BCUT2D eigenvalue weighted by atomic mass is 10.3. The monoisotopic (exact) mass is 169 g/mol. The average molecular weight is 169 g/mol. The molecule has 0 unspecified atom stereocenters. The molecule has 4 heteroatoms. The van der Waals surface area contributed by atoms with E-state index in [1.54, 1.807) is 0 Å². The molecule has 0 aromatic carbocycles. The van der Waals surface area contributed by atoms with Crippen molar-refractivity contribution in [3.63, 3.8) is 0 Å². The van der Waals surface area contributed by atoms with Crippen molar-refractivity contribution in [1.29, 1.82) is 0 Å². The fourth-order valence-electron chi connectivity index (χ4n) is 1.50. The van der Waals surface area contributed by atoms with Crippen molar-refractivity contribution >= 4 is 0 Å². The highest BCUT2D eigenvalue weighted by atomic mass is 16.5. The highest BCUT2D eigenvalue weighted by molar-refractivity contribution is 4.89. The third kappa shape index (κ3) is 1.89. The van der Waals surface area contributed by atoms with E-state index in [4.69, 9.17) is 4.74 Å². The van der Waals surface area contributed by atoms with Crippen LogP contribution in [0.15, 0.2) is 12.4 Å². The van der Waals surface area contributed by atoms with Crippen LogP contribution >= 0.6 is 0 Å². The average Bonchev–Trinajstić information content (AvgIpc) is 2.59. The van der Waals surface area contributed by atoms with Crippen molar-refractivity contribution in [3.05, 3.63) is 12.4 Å². The first-order valence-corrected chi connectivity index (χ1v) is 4.41. The summed E-state index contributed by atoms with van der Waals surface area (Å²) in [6.45, 7) is 4.71. The number of morpholine rings is 1. The van der Waals surface area contributed by atoms with Gasteiger partial charge in [-0.15, -0.1) is 0 Å². The Kier molecular flexibility index (Phi) is 2.48. The van der Waals surface area contributed by atoms with E-state index in [0.717, 1.165) is 32.9 Å².